The second kappa shape index (κ2) is 8.60. The van der Waals surface area contributed by atoms with Crippen LogP contribution in [0.5, 0.6) is 11.5 Å². The quantitative estimate of drug-likeness (QED) is 0.415. The van der Waals surface area contributed by atoms with Gasteiger partial charge in [0.15, 0.2) is 0 Å². The summed E-state index contributed by atoms with van der Waals surface area (Å²) in [4.78, 5) is 2.18. The molecule has 0 aromatic heterocycles. The maximum Gasteiger partial charge on any atom is 0.118 e. The molecule has 2 aromatic carbocycles. The summed E-state index contributed by atoms with van der Waals surface area (Å²) < 4.78 is 12.2. The molecule has 0 radical (unpaired) electrons. The summed E-state index contributed by atoms with van der Waals surface area (Å²) in [5.41, 5.74) is 0. The Morgan fingerprint density at radius 3 is 1.55 bits per heavy atom. The number of nitrogens with zero attached hydrogens (tertiary/aromatic N) is 2. The minimum Gasteiger partial charge on any atom is -0.497 e. The van der Waals surface area contributed by atoms with Crippen molar-refractivity contribution in [3.05, 3.63) is 48.5 Å². The zero-order valence-electron chi connectivity index (χ0n) is 12.7. The third-order valence-corrected chi connectivity index (χ3v) is 4.61. The standard InChI is InChI=1S/C16H18N2O2S2/c1-4-17-18(21-15-9-5-13(19-2)6-10-15)22-16-11-7-14(20-3)8-12-16/h4-12H,1-3H3. The van der Waals surface area contributed by atoms with Crippen molar-refractivity contribution in [1.29, 1.82) is 0 Å². The zero-order valence-corrected chi connectivity index (χ0v) is 14.4. The van der Waals surface area contributed by atoms with E-state index in [0.29, 0.717) is 0 Å². The number of rotatable bonds is 7. The van der Waals surface area contributed by atoms with E-state index in [9.17, 15) is 0 Å². The molecule has 0 aliphatic heterocycles. The molecular formula is C16H18N2O2S2. The fraction of sp³-hybridized carbons (Fsp3) is 0.188. The highest BCUT2D eigenvalue weighted by Gasteiger charge is 2.07. The minimum absolute atomic E-state index is 0.845. The predicted octanol–water partition coefficient (Wildman–Crippen LogP) is 4.73. The second-order valence-corrected chi connectivity index (χ2v) is 6.38. The van der Waals surface area contributed by atoms with Crippen LogP contribution in [0, 0.1) is 0 Å². The fourth-order valence-electron chi connectivity index (χ4n) is 1.61. The third-order valence-electron chi connectivity index (χ3n) is 2.70. The number of benzene rings is 2. The van der Waals surface area contributed by atoms with Crippen molar-refractivity contribution in [3.8, 4) is 11.5 Å². The fourth-order valence-corrected chi connectivity index (χ4v) is 3.44. The molecule has 0 aliphatic carbocycles. The lowest BCUT2D eigenvalue weighted by atomic mass is 10.3. The SMILES string of the molecule is CC=NN(Sc1ccc(OC)cc1)Sc1ccc(OC)cc1. The smallest absolute Gasteiger partial charge is 0.118 e. The van der Waals surface area contributed by atoms with Gasteiger partial charge in [-0.15, -0.1) is 0 Å². The summed E-state index contributed by atoms with van der Waals surface area (Å²) in [6.45, 7) is 1.90. The van der Waals surface area contributed by atoms with Crippen molar-refractivity contribution in [3.63, 3.8) is 0 Å². The second-order valence-electron chi connectivity index (χ2n) is 4.15. The molecule has 0 amide bonds. The Kier molecular flexibility index (Phi) is 6.48. The van der Waals surface area contributed by atoms with Gasteiger partial charge in [-0.25, -0.2) is 0 Å². The van der Waals surface area contributed by atoms with Crippen LogP contribution < -0.4 is 9.47 Å². The number of hydrazone groups is 1. The Balaban J connectivity index is 2.04. The van der Waals surface area contributed by atoms with Crippen LogP contribution in [-0.2, 0) is 0 Å². The number of methoxy groups -OCH3 is 2. The first-order chi connectivity index (χ1) is 10.7. The van der Waals surface area contributed by atoms with Crippen molar-refractivity contribution in [2.75, 3.05) is 14.2 Å². The lowest BCUT2D eigenvalue weighted by Gasteiger charge is -2.16. The number of hydrogen-bond donors (Lipinski definition) is 0. The van der Waals surface area contributed by atoms with Gasteiger partial charge in [-0.1, -0.05) is 0 Å². The molecule has 0 saturated heterocycles. The van der Waals surface area contributed by atoms with Crippen LogP contribution in [0.15, 0.2) is 63.4 Å². The van der Waals surface area contributed by atoms with Gasteiger partial charge in [0, 0.05) is 39.9 Å². The highest BCUT2D eigenvalue weighted by molar-refractivity contribution is 8.12. The van der Waals surface area contributed by atoms with Crippen LogP contribution in [0.4, 0.5) is 0 Å². The summed E-state index contributed by atoms with van der Waals surface area (Å²) in [5.74, 6) is 1.69. The highest BCUT2D eigenvalue weighted by atomic mass is 32.2. The average molecular weight is 334 g/mol. The average Bonchev–Trinajstić information content (AvgIpc) is 2.56. The molecule has 0 N–H and O–H groups in total. The molecule has 0 saturated carbocycles. The van der Waals surface area contributed by atoms with Crippen LogP contribution >= 0.6 is 23.9 Å². The van der Waals surface area contributed by atoms with E-state index in [2.05, 4.69) is 5.10 Å². The van der Waals surface area contributed by atoms with Crippen molar-refractivity contribution in [1.82, 2.24) is 3.82 Å². The zero-order chi connectivity index (χ0) is 15.8. The van der Waals surface area contributed by atoms with E-state index in [1.807, 2.05) is 59.3 Å². The maximum absolute atomic E-state index is 5.17. The van der Waals surface area contributed by atoms with Crippen LogP contribution in [-0.4, -0.2) is 24.3 Å². The Hall–Kier alpha value is -1.79. The normalized spacial score (nSPS) is 10.7. The molecule has 2 rings (SSSR count). The maximum atomic E-state index is 5.17. The van der Waals surface area contributed by atoms with Gasteiger partial charge in [0.25, 0.3) is 0 Å². The van der Waals surface area contributed by atoms with E-state index in [0.717, 1.165) is 21.3 Å². The Bertz CT molecular complexity index is 551. The molecule has 0 bridgehead atoms. The molecule has 0 unspecified atom stereocenters. The lowest BCUT2D eigenvalue weighted by Crippen LogP contribution is -1.97. The van der Waals surface area contributed by atoms with Gasteiger partial charge in [0.05, 0.1) is 14.2 Å². The first kappa shape index (κ1) is 16.6. The summed E-state index contributed by atoms with van der Waals surface area (Å²) in [6.07, 6.45) is 1.77. The molecule has 0 aliphatic rings. The molecule has 0 heterocycles. The van der Waals surface area contributed by atoms with Crippen LogP contribution in [0.3, 0.4) is 0 Å². The monoisotopic (exact) mass is 334 g/mol. The van der Waals surface area contributed by atoms with Crippen LogP contribution in [0.1, 0.15) is 6.92 Å². The molecule has 6 heteroatoms. The molecule has 0 atom stereocenters. The molecule has 116 valence electrons. The number of hydrogen-bond acceptors (Lipinski definition) is 6. The minimum atomic E-state index is 0.845. The van der Waals surface area contributed by atoms with Gasteiger partial charge >= 0.3 is 0 Å². The van der Waals surface area contributed by atoms with Crippen molar-refractivity contribution >= 4 is 30.1 Å². The molecular weight excluding hydrogens is 316 g/mol. The summed E-state index contributed by atoms with van der Waals surface area (Å²) in [7, 11) is 3.32. The molecule has 0 spiro atoms. The molecule has 2 aromatic rings. The van der Waals surface area contributed by atoms with E-state index in [1.165, 1.54) is 0 Å². The van der Waals surface area contributed by atoms with E-state index >= 15 is 0 Å². The van der Waals surface area contributed by atoms with Crippen molar-refractivity contribution in [2.24, 2.45) is 5.10 Å². The topological polar surface area (TPSA) is 34.1 Å². The number of ether oxygens (including phenoxy) is 2. The van der Waals surface area contributed by atoms with E-state index in [-0.39, 0.29) is 0 Å². The van der Waals surface area contributed by atoms with Gasteiger partial charge < -0.3 is 9.47 Å². The van der Waals surface area contributed by atoms with Crippen molar-refractivity contribution in [2.45, 2.75) is 16.7 Å². The van der Waals surface area contributed by atoms with Crippen molar-refractivity contribution < 1.29 is 9.47 Å². The third kappa shape index (κ3) is 4.89. The summed E-state index contributed by atoms with van der Waals surface area (Å²) in [6, 6.07) is 15.8. The van der Waals surface area contributed by atoms with Gasteiger partial charge in [-0.3, -0.25) is 0 Å². The largest absolute Gasteiger partial charge is 0.497 e. The lowest BCUT2D eigenvalue weighted by molar-refractivity contribution is 0.414. The first-order valence-electron chi connectivity index (χ1n) is 6.68. The molecule has 4 nitrogen and oxygen atoms in total. The Labute approximate surface area is 139 Å². The van der Waals surface area contributed by atoms with Gasteiger partial charge in [-0.05, 0) is 55.5 Å². The Morgan fingerprint density at radius 1 is 0.818 bits per heavy atom. The van der Waals surface area contributed by atoms with Crippen LogP contribution in [0.2, 0.25) is 0 Å². The predicted molar refractivity (Wildman–Crippen MR) is 93.7 cm³/mol. The summed E-state index contributed by atoms with van der Waals surface area (Å²) >= 11 is 3.10. The van der Waals surface area contributed by atoms with Gasteiger partial charge in [0.1, 0.15) is 11.5 Å². The highest BCUT2D eigenvalue weighted by Crippen LogP contribution is 2.35. The molecule has 0 fully saturated rings. The van der Waals surface area contributed by atoms with E-state index < -0.39 is 0 Å². The van der Waals surface area contributed by atoms with E-state index in [1.54, 1.807) is 44.3 Å². The Morgan fingerprint density at radius 2 is 1.23 bits per heavy atom. The van der Waals surface area contributed by atoms with Gasteiger partial charge in [0.2, 0.25) is 0 Å². The summed E-state index contributed by atoms with van der Waals surface area (Å²) in [5, 5.41) is 4.37. The van der Waals surface area contributed by atoms with E-state index in [4.69, 9.17) is 9.47 Å². The van der Waals surface area contributed by atoms with Gasteiger partial charge in [-0.2, -0.15) is 8.92 Å². The van der Waals surface area contributed by atoms with Crippen LogP contribution in [0.25, 0.3) is 0 Å². The first-order valence-corrected chi connectivity index (χ1v) is 8.22. The molecule has 22 heavy (non-hydrogen) atoms.